The summed E-state index contributed by atoms with van der Waals surface area (Å²) >= 11 is 1.22. The molecule has 1 atom stereocenters. The Balaban J connectivity index is 2.26. The third-order valence-electron chi connectivity index (χ3n) is 4.47. The number of aryl methyl sites for hydroxylation is 1. The highest BCUT2D eigenvalue weighted by atomic mass is 32.1. The van der Waals surface area contributed by atoms with Gasteiger partial charge in [-0.15, -0.1) is 10.2 Å². The number of nitrogens with zero attached hydrogens (tertiary/aromatic N) is 3. The number of unbranched alkanes of at least 4 members (excludes halogenated alkanes) is 2. The average Bonchev–Trinajstić information content (AvgIpc) is 3.14. The largest absolute Gasteiger partial charge is 0.330 e. The number of hydrogen-bond donors (Lipinski definition) is 2. The Kier molecular flexibility index (Phi) is 8.22. The number of nitrogens with two attached hydrogens (primary N) is 2. The predicted octanol–water partition coefficient (Wildman–Crippen LogP) is 2.88. The van der Waals surface area contributed by atoms with Gasteiger partial charge in [0.25, 0.3) is 5.91 Å². The van der Waals surface area contributed by atoms with Crippen LogP contribution in [0.15, 0.2) is 24.3 Å². The lowest BCUT2D eigenvalue weighted by Gasteiger charge is -2.23. The van der Waals surface area contributed by atoms with Gasteiger partial charge in [0.1, 0.15) is 5.01 Å². The maximum Gasteiger partial charge on any atom is 0.252 e. The smallest absolute Gasteiger partial charge is 0.252 e. The number of rotatable bonds is 9. The lowest BCUT2D eigenvalue weighted by molar-refractivity contribution is -0.127. The van der Waals surface area contributed by atoms with Gasteiger partial charge in [-0.1, -0.05) is 61.4 Å². The zero-order valence-electron chi connectivity index (χ0n) is 16.7. The monoisotopic (exact) mass is 403 g/mol. The SMILES string of the molecule is Cc1ccc(-c2nnc(N(C(=O)CCCCCN)C(=O)C(N)C(C)C)s2)cc1. The summed E-state index contributed by atoms with van der Waals surface area (Å²) < 4.78 is 0. The van der Waals surface area contributed by atoms with Gasteiger partial charge in [-0.3, -0.25) is 9.59 Å². The Morgan fingerprint density at radius 1 is 1.11 bits per heavy atom. The van der Waals surface area contributed by atoms with Gasteiger partial charge in [0.2, 0.25) is 11.0 Å². The summed E-state index contributed by atoms with van der Waals surface area (Å²) in [6.07, 6.45) is 2.60. The molecule has 0 saturated carbocycles. The van der Waals surface area contributed by atoms with Gasteiger partial charge in [-0.25, -0.2) is 4.90 Å². The molecule has 2 aromatic rings. The molecule has 0 aliphatic carbocycles. The lowest BCUT2D eigenvalue weighted by Crippen LogP contribution is -2.49. The zero-order valence-corrected chi connectivity index (χ0v) is 17.5. The van der Waals surface area contributed by atoms with Crippen LogP contribution >= 0.6 is 11.3 Å². The second-order valence-corrected chi connectivity index (χ2v) is 8.15. The van der Waals surface area contributed by atoms with Crippen LogP contribution in [0.5, 0.6) is 0 Å². The minimum Gasteiger partial charge on any atom is -0.330 e. The number of aromatic nitrogens is 2. The van der Waals surface area contributed by atoms with Gasteiger partial charge in [-0.2, -0.15) is 0 Å². The van der Waals surface area contributed by atoms with Crippen molar-refractivity contribution in [1.82, 2.24) is 10.2 Å². The number of carbonyl (C=O) groups is 2. The number of amides is 2. The minimum atomic E-state index is -0.778. The molecule has 152 valence electrons. The van der Waals surface area contributed by atoms with Crippen LogP contribution in [0.4, 0.5) is 5.13 Å². The van der Waals surface area contributed by atoms with Crippen molar-refractivity contribution in [2.24, 2.45) is 17.4 Å². The quantitative estimate of drug-likeness (QED) is 0.622. The van der Waals surface area contributed by atoms with Crippen LogP contribution in [0.1, 0.15) is 45.1 Å². The van der Waals surface area contributed by atoms with E-state index in [9.17, 15) is 9.59 Å². The number of carbonyl (C=O) groups excluding carboxylic acids is 2. The molecule has 0 spiro atoms. The standard InChI is InChI=1S/C20H29N5O2S/c1-13(2)17(22)19(27)25(16(26)7-5-4-6-12-21)20-24-23-18(28-20)15-10-8-14(3)9-11-15/h8-11,13,17H,4-7,12,21-22H2,1-3H3. The van der Waals surface area contributed by atoms with Crippen molar-refractivity contribution in [3.05, 3.63) is 29.8 Å². The molecule has 1 heterocycles. The van der Waals surface area contributed by atoms with Crippen molar-refractivity contribution < 1.29 is 9.59 Å². The zero-order chi connectivity index (χ0) is 20.7. The fourth-order valence-corrected chi connectivity index (χ4v) is 3.46. The molecule has 0 fully saturated rings. The number of benzene rings is 1. The Morgan fingerprint density at radius 3 is 2.39 bits per heavy atom. The van der Waals surface area contributed by atoms with Crippen molar-refractivity contribution in [3.8, 4) is 10.6 Å². The molecule has 28 heavy (non-hydrogen) atoms. The van der Waals surface area contributed by atoms with E-state index in [4.69, 9.17) is 11.5 Å². The molecule has 4 N–H and O–H groups in total. The van der Waals surface area contributed by atoms with Gasteiger partial charge >= 0.3 is 0 Å². The van der Waals surface area contributed by atoms with E-state index in [2.05, 4.69) is 10.2 Å². The summed E-state index contributed by atoms with van der Waals surface area (Å²) in [6, 6.07) is 7.08. The average molecular weight is 404 g/mol. The van der Waals surface area contributed by atoms with Crippen molar-refractivity contribution >= 4 is 28.3 Å². The highest BCUT2D eigenvalue weighted by Gasteiger charge is 2.32. The van der Waals surface area contributed by atoms with Crippen molar-refractivity contribution in [1.29, 1.82) is 0 Å². The first-order chi connectivity index (χ1) is 13.3. The topological polar surface area (TPSA) is 115 Å². The summed E-state index contributed by atoms with van der Waals surface area (Å²) in [5, 5.41) is 9.22. The molecule has 1 aromatic heterocycles. The van der Waals surface area contributed by atoms with E-state index in [1.165, 1.54) is 11.3 Å². The summed E-state index contributed by atoms with van der Waals surface area (Å²) in [4.78, 5) is 26.8. The number of imide groups is 1. The highest BCUT2D eigenvalue weighted by molar-refractivity contribution is 7.18. The second-order valence-electron chi connectivity index (χ2n) is 7.19. The summed E-state index contributed by atoms with van der Waals surface area (Å²) in [5.41, 5.74) is 13.6. The Bertz CT molecular complexity index is 788. The summed E-state index contributed by atoms with van der Waals surface area (Å²) in [5.74, 6) is -0.834. The maximum absolute atomic E-state index is 12.9. The van der Waals surface area contributed by atoms with Crippen molar-refractivity contribution in [3.63, 3.8) is 0 Å². The third-order valence-corrected chi connectivity index (χ3v) is 5.43. The molecule has 0 aliphatic heterocycles. The van der Waals surface area contributed by atoms with Gasteiger partial charge in [-0.05, 0) is 32.2 Å². The van der Waals surface area contributed by atoms with E-state index in [1.807, 2.05) is 45.0 Å². The van der Waals surface area contributed by atoms with E-state index in [0.717, 1.165) is 28.9 Å². The molecule has 7 nitrogen and oxygen atoms in total. The number of hydrogen-bond acceptors (Lipinski definition) is 7. The van der Waals surface area contributed by atoms with Gasteiger partial charge in [0, 0.05) is 12.0 Å². The molecule has 2 rings (SSSR count). The highest BCUT2D eigenvalue weighted by Crippen LogP contribution is 2.30. The van der Waals surface area contributed by atoms with Crippen LogP contribution in [0.2, 0.25) is 0 Å². The third kappa shape index (κ3) is 5.67. The number of anilines is 1. The molecule has 0 radical (unpaired) electrons. The maximum atomic E-state index is 12.9. The van der Waals surface area contributed by atoms with Gasteiger partial charge in [0.15, 0.2) is 0 Å². The van der Waals surface area contributed by atoms with Crippen LogP contribution in [0.25, 0.3) is 10.6 Å². The fourth-order valence-electron chi connectivity index (χ4n) is 2.59. The lowest BCUT2D eigenvalue weighted by atomic mass is 10.0. The molecule has 0 saturated heterocycles. The first-order valence-electron chi connectivity index (χ1n) is 9.58. The van der Waals surface area contributed by atoms with Crippen LogP contribution in [-0.2, 0) is 9.59 Å². The molecular weight excluding hydrogens is 374 g/mol. The molecule has 0 aliphatic rings. The second kappa shape index (κ2) is 10.4. The Hall–Kier alpha value is -2.16. The Morgan fingerprint density at radius 2 is 1.79 bits per heavy atom. The van der Waals surface area contributed by atoms with Gasteiger partial charge < -0.3 is 11.5 Å². The van der Waals surface area contributed by atoms with Crippen LogP contribution in [0.3, 0.4) is 0 Å². The van der Waals surface area contributed by atoms with Crippen LogP contribution in [0, 0.1) is 12.8 Å². The van der Waals surface area contributed by atoms with E-state index in [0.29, 0.717) is 18.0 Å². The van der Waals surface area contributed by atoms with Crippen molar-refractivity contribution in [2.45, 2.75) is 52.5 Å². The van der Waals surface area contributed by atoms with E-state index < -0.39 is 11.9 Å². The predicted molar refractivity (Wildman–Crippen MR) is 113 cm³/mol. The minimum absolute atomic E-state index is 0.0930. The van der Waals surface area contributed by atoms with Gasteiger partial charge in [0.05, 0.1) is 6.04 Å². The first kappa shape index (κ1) is 22.1. The normalized spacial score (nSPS) is 12.2. The molecule has 8 heteroatoms. The van der Waals surface area contributed by atoms with Crippen LogP contribution < -0.4 is 16.4 Å². The van der Waals surface area contributed by atoms with Crippen LogP contribution in [-0.4, -0.2) is 34.6 Å². The van der Waals surface area contributed by atoms with Crippen molar-refractivity contribution in [2.75, 3.05) is 11.4 Å². The fraction of sp³-hybridized carbons (Fsp3) is 0.500. The summed E-state index contributed by atoms with van der Waals surface area (Å²) in [7, 11) is 0. The first-order valence-corrected chi connectivity index (χ1v) is 10.4. The van der Waals surface area contributed by atoms with E-state index in [-0.39, 0.29) is 23.4 Å². The van der Waals surface area contributed by atoms with E-state index >= 15 is 0 Å². The molecule has 1 aromatic carbocycles. The molecule has 1 unspecified atom stereocenters. The Labute approximate surface area is 170 Å². The molecular formula is C20H29N5O2S. The molecule has 2 amide bonds. The summed E-state index contributed by atoms with van der Waals surface area (Å²) in [6.45, 7) is 6.30. The van der Waals surface area contributed by atoms with E-state index in [1.54, 1.807) is 0 Å². The molecule has 0 bridgehead atoms.